The van der Waals surface area contributed by atoms with Crippen molar-refractivity contribution in [1.82, 2.24) is 25.1 Å². The minimum Gasteiger partial charge on any atom is -0.493 e. The molecule has 1 aliphatic carbocycles. The van der Waals surface area contributed by atoms with Crippen molar-refractivity contribution in [1.29, 1.82) is 0 Å². The highest BCUT2D eigenvalue weighted by atomic mass is 32.1. The second kappa shape index (κ2) is 13.5. The van der Waals surface area contributed by atoms with E-state index < -0.39 is 0 Å². The van der Waals surface area contributed by atoms with Crippen molar-refractivity contribution < 1.29 is 22.7 Å². The van der Waals surface area contributed by atoms with Crippen molar-refractivity contribution in [2.75, 3.05) is 26.0 Å². The molecule has 0 bridgehead atoms. The molecule has 2 aromatic carbocycles. The number of benzene rings is 2. The molecule has 3 aliphatic rings. The number of fused-ring (bicyclic) bond motifs is 5. The monoisotopic (exact) mass is 706 g/mol. The Morgan fingerprint density at radius 3 is 2.63 bits per heavy atom. The third-order valence-corrected chi connectivity index (χ3v) is 11.1. The average Bonchev–Trinajstić information content (AvgIpc) is 3.98. The van der Waals surface area contributed by atoms with Gasteiger partial charge in [-0.25, -0.2) is 13.8 Å². The zero-order valence-electron chi connectivity index (χ0n) is 28.6. The van der Waals surface area contributed by atoms with E-state index in [9.17, 15) is 13.6 Å². The largest absolute Gasteiger partial charge is 0.493 e. The summed E-state index contributed by atoms with van der Waals surface area (Å²) >= 11 is 1.61. The van der Waals surface area contributed by atoms with E-state index in [0.717, 1.165) is 87.5 Å². The van der Waals surface area contributed by atoms with Crippen LogP contribution in [0.1, 0.15) is 69.6 Å². The van der Waals surface area contributed by atoms with Crippen LogP contribution in [0.3, 0.4) is 0 Å². The van der Waals surface area contributed by atoms with Crippen LogP contribution in [0, 0.1) is 18.6 Å². The number of pyridine rings is 2. The van der Waals surface area contributed by atoms with Crippen LogP contribution in [0.2, 0.25) is 0 Å². The molecular weight excluding hydrogens is 671 g/mol. The number of carbonyl (C=O) groups is 1. The first kappa shape index (κ1) is 32.9. The van der Waals surface area contributed by atoms with Gasteiger partial charge in [0.05, 0.1) is 35.7 Å². The zero-order valence-corrected chi connectivity index (χ0v) is 29.4. The summed E-state index contributed by atoms with van der Waals surface area (Å²) in [6.45, 7) is 2.47. The Bertz CT molecular complexity index is 2290. The molecule has 1 amide bonds. The molecule has 6 heterocycles. The Morgan fingerprint density at radius 2 is 1.86 bits per heavy atom. The van der Waals surface area contributed by atoms with E-state index in [4.69, 9.17) is 14.1 Å². The van der Waals surface area contributed by atoms with Gasteiger partial charge >= 0.3 is 0 Å². The quantitative estimate of drug-likeness (QED) is 0.177. The molecule has 1 N–H and O–H groups in total. The second-order valence-electron chi connectivity index (χ2n) is 13.0. The van der Waals surface area contributed by atoms with Gasteiger partial charge in [0.25, 0.3) is 5.91 Å². The van der Waals surface area contributed by atoms with Crippen LogP contribution in [0.4, 0.5) is 14.6 Å². The number of ether oxygens (including phenoxy) is 1. The number of nitrogens with one attached hydrogen (secondary N) is 1. The number of carbonyl (C=O) groups excluding carboxylic acids is 1. The first-order valence-corrected chi connectivity index (χ1v) is 18.0. The molecule has 4 aromatic heterocycles. The molecule has 9 nitrogen and oxygen atoms in total. The lowest BCUT2D eigenvalue weighted by Crippen LogP contribution is -2.22. The lowest BCUT2D eigenvalue weighted by atomic mass is 9.93. The van der Waals surface area contributed by atoms with Gasteiger partial charge in [0.1, 0.15) is 11.6 Å². The molecule has 0 saturated carbocycles. The molecule has 2 aliphatic heterocycles. The third-order valence-electron chi connectivity index (χ3n) is 9.96. The van der Waals surface area contributed by atoms with Crippen molar-refractivity contribution in [3.8, 4) is 27.6 Å². The molecule has 1 unspecified atom stereocenters. The van der Waals surface area contributed by atoms with Crippen molar-refractivity contribution in [2.45, 2.75) is 57.9 Å². The number of anilines is 1. The summed E-state index contributed by atoms with van der Waals surface area (Å²) < 4.78 is 38.7. The molecule has 0 spiro atoms. The normalized spacial score (nSPS) is 15.8. The molecule has 6 aromatic rings. The number of hydrogen-bond acceptors (Lipinski definition) is 9. The van der Waals surface area contributed by atoms with Gasteiger partial charge in [-0.05, 0) is 86.4 Å². The Labute approximate surface area is 297 Å². The molecular formula is C39H36F2N6O3S. The van der Waals surface area contributed by atoms with Gasteiger partial charge in [-0.3, -0.25) is 9.78 Å². The van der Waals surface area contributed by atoms with Crippen LogP contribution in [0.5, 0.6) is 5.75 Å². The fourth-order valence-electron chi connectivity index (χ4n) is 7.63. The minimum absolute atomic E-state index is 0.00185. The molecule has 9 rings (SSSR count). The van der Waals surface area contributed by atoms with Gasteiger partial charge in [0, 0.05) is 52.8 Å². The highest BCUT2D eigenvalue weighted by Gasteiger charge is 2.45. The molecule has 1 atom stereocenters. The number of hydrogen-bond donors (Lipinski definition) is 1. The van der Waals surface area contributed by atoms with Gasteiger partial charge in [-0.2, -0.15) is 0 Å². The molecule has 260 valence electrons. The summed E-state index contributed by atoms with van der Waals surface area (Å²) in [6.07, 6.45) is 7.98. The number of methoxy groups -OCH3 is 1. The maximum atomic E-state index is 13.9. The van der Waals surface area contributed by atoms with E-state index in [2.05, 4.69) is 26.6 Å². The van der Waals surface area contributed by atoms with Crippen LogP contribution < -0.4 is 10.1 Å². The second-order valence-corrected chi connectivity index (χ2v) is 14.1. The SMILES string of the molecule is CNc1nccc2sc(-c3c4c(nc(CCc5ccc(F)cc5)c3-c3nnc(C)o3)C3CCCN3C4=O)cc12.COc1c(F)ccc2c1CCC2. The minimum atomic E-state index is -0.265. The first-order valence-electron chi connectivity index (χ1n) is 17.2. The Balaban J connectivity index is 0.000000263. The summed E-state index contributed by atoms with van der Waals surface area (Å²) in [5, 5.41) is 12.7. The predicted molar refractivity (Wildman–Crippen MR) is 192 cm³/mol. The number of thiophene rings is 1. The summed E-state index contributed by atoms with van der Waals surface area (Å²) in [7, 11) is 3.37. The molecule has 1 fully saturated rings. The van der Waals surface area contributed by atoms with Gasteiger partial charge in [0.2, 0.25) is 11.8 Å². The standard InChI is InChI=1S/C29H25FN6O2S.C10H11FO/c1-15-34-35-28(38-15)23-19(10-7-16-5-8-17(30)9-6-16)33-26-20-4-3-13-36(20)29(37)25(26)24(23)22-14-18-21(39-22)11-12-32-27(18)31-2;1-12-10-8-4-2-3-7(8)5-6-9(10)11/h5-6,8-9,11-12,14,20H,3-4,7,10,13H2,1-2H3,(H,31,32);5-6H,2-4H2,1H3. The average molecular weight is 707 g/mol. The highest BCUT2D eigenvalue weighted by molar-refractivity contribution is 7.22. The van der Waals surface area contributed by atoms with E-state index >= 15 is 0 Å². The zero-order chi connectivity index (χ0) is 35.2. The first-order chi connectivity index (χ1) is 24.8. The predicted octanol–water partition coefficient (Wildman–Crippen LogP) is 8.30. The van der Waals surface area contributed by atoms with Gasteiger partial charge in [0.15, 0.2) is 11.6 Å². The van der Waals surface area contributed by atoms with Crippen LogP contribution in [-0.2, 0) is 25.7 Å². The number of aromatic nitrogens is 4. The lowest BCUT2D eigenvalue weighted by Gasteiger charge is -2.16. The van der Waals surface area contributed by atoms with Crippen LogP contribution in [0.15, 0.2) is 59.1 Å². The fourth-order valence-corrected chi connectivity index (χ4v) is 8.74. The molecule has 1 saturated heterocycles. The Morgan fingerprint density at radius 1 is 1.02 bits per heavy atom. The Hall–Kier alpha value is -5.23. The number of amides is 1. The topological polar surface area (TPSA) is 106 Å². The van der Waals surface area contributed by atoms with Crippen LogP contribution in [-0.4, -0.2) is 51.7 Å². The van der Waals surface area contributed by atoms with E-state index in [1.54, 1.807) is 36.6 Å². The van der Waals surface area contributed by atoms with Gasteiger partial charge in [-0.15, -0.1) is 21.5 Å². The third kappa shape index (κ3) is 5.90. The van der Waals surface area contributed by atoms with E-state index in [1.807, 2.05) is 24.1 Å². The van der Waals surface area contributed by atoms with E-state index in [-0.39, 0.29) is 23.6 Å². The van der Waals surface area contributed by atoms with Crippen LogP contribution in [0.25, 0.3) is 32.0 Å². The highest BCUT2D eigenvalue weighted by Crippen LogP contribution is 2.50. The van der Waals surface area contributed by atoms with Crippen molar-refractivity contribution in [3.63, 3.8) is 0 Å². The summed E-state index contributed by atoms with van der Waals surface area (Å²) in [6, 6.07) is 13.9. The van der Waals surface area contributed by atoms with Crippen molar-refractivity contribution >= 4 is 33.1 Å². The Kier molecular flexibility index (Phi) is 8.71. The summed E-state index contributed by atoms with van der Waals surface area (Å²) in [5.74, 6) is 1.50. The smallest absolute Gasteiger partial charge is 0.257 e. The summed E-state index contributed by atoms with van der Waals surface area (Å²) in [5.41, 5.74) is 7.04. The van der Waals surface area contributed by atoms with Crippen LogP contribution >= 0.6 is 11.3 Å². The van der Waals surface area contributed by atoms with Crippen molar-refractivity contribution in [3.05, 3.63) is 106 Å². The van der Waals surface area contributed by atoms with Crippen molar-refractivity contribution in [2.24, 2.45) is 0 Å². The number of aryl methyl sites for hydroxylation is 4. The molecule has 12 heteroatoms. The maximum absolute atomic E-state index is 13.9. The number of halogens is 2. The number of nitrogens with zero attached hydrogens (tertiary/aromatic N) is 5. The summed E-state index contributed by atoms with van der Waals surface area (Å²) in [4.78, 5) is 26.4. The lowest BCUT2D eigenvalue weighted by molar-refractivity contribution is 0.0776. The molecule has 0 radical (unpaired) electrons. The fraction of sp³-hybridized carbons (Fsp3) is 0.308. The number of rotatable bonds is 7. The van der Waals surface area contributed by atoms with Gasteiger partial charge < -0.3 is 19.4 Å². The molecule has 51 heavy (non-hydrogen) atoms. The van der Waals surface area contributed by atoms with E-state index in [0.29, 0.717) is 41.5 Å². The van der Waals surface area contributed by atoms with E-state index in [1.165, 1.54) is 30.9 Å². The maximum Gasteiger partial charge on any atom is 0.257 e. The van der Waals surface area contributed by atoms with Gasteiger partial charge in [-0.1, -0.05) is 18.2 Å².